The lowest BCUT2D eigenvalue weighted by Crippen LogP contribution is -2.31. The van der Waals surface area contributed by atoms with Crippen molar-refractivity contribution in [3.8, 4) is 0 Å². The zero-order valence-electron chi connectivity index (χ0n) is 9.97. The second-order valence-corrected chi connectivity index (χ2v) is 3.79. The minimum absolute atomic E-state index is 0.00745. The molecule has 0 saturated carbocycles. The highest BCUT2D eigenvalue weighted by molar-refractivity contribution is 5.79. The first-order valence-corrected chi connectivity index (χ1v) is 5.51. The van der Waals surface area contributed by atoms with E-state index in [4.69, 9.17) is 0 Å². The summed E-state index contributed by atoms with van der Waals surface area (Å²) in [5.74, 6) is -0.415. The molecule has 100 valence electrons. The van der Waals surface area contributed by atoms with Crippen LogP contribution in [0.4, 0.5) is 13.2 Å². The topological polar surface area (TPSA) is 41.1 Å². The van der Waals surface area contributed by atoms with Gasteiger partial charge in [-0.3, -0.25) is 4.79 Å². The first-order chi connectivity index (χ1) is 8.45. The maximum atomic E-state index is 12.7. The highest BCUT2D eigenvalue weighted by Crippen LogP contribution is 2.31. The van der Waals surface area contributed by atoms with Gasteiger partial charge in [0.2, 0.25) is 5.91 Å². The van der Waals surface area contributed by atoms with Crippen LogP contribution < -0.4 is 10.6 Å². The molecule has 0 unspecified atom stereocenters. The first-order valence-electron chi connectivity index (χ1n) is 5.51. The van der Waals surface area contributed by atoms with Gasteiger partial charge in [0.15, 0.2) is 0 Å². The molecular weight excluding hydrogens is 245 g/mol. The number of carbonyl (C=O) groups excluding carboxylic acids is 1. The Balaban J connectivity index is 2.70. The molecule has 1 rings (SSSR count). The van der Waals surface area contributed by atoms with Crippen LogP contribution in [0.5, 0.6) is 0 Å². The molecule has 1 aromatic rings. The summed E-state index contributed by atoms with van der Waals surface area (Å²) in [5.41, 5.74) is -0.763. The maximum Gasteiger partial charge on any atom is 0.416 e. The van der Waals surface area contributed by atoms with Crippen LogP contribution in [0.1, 0.15) is 11.1 Å². The van der Waals surface area contributed by atoms with E-state index in [1.807, 2.05) is 0 Å². The summed E-state index contributed by atoms with van der Waals surface area (Å²) in [7, 11) is 1.73. The summed E-state index contributed by atoms with van der Waals surface area (Å²) in [6.07, 6.45) is -4.69. The number of halogens is 3. The summed E-state index contributed by atoms with van der Waals surface area (Å²) in [6, 6.07) is 5.10. The van der Waals surface area contributed by atoms with E-state index in [0.29, 0.717) is 13.1 Å². The second-order valence-electron chi connectivity index (χ2n) is 3.79. The predicted octanol–water partition coefficient (Wildman–Crippen LogP) is 1.58. The molecule has 18 heavy (non-hydrogen) atoms. The monoisotopic (exact) mass is 260 g/mol. The fourth-order valence-corrected chi connectivity index (χ4v) is 1.51. The minimum Gasteiger partial charge on any atom is -0.355 e. The Bertz CT molecular complexity index is 405. The van der Waals surface area contributed by atoms with Crippen molar-refractivity contribution < 1.29 is 18.0 Å². The van der Waals surface area contributed by atoms with E-state index < -0.39 is 17.6 Å². The van der Waals surface area contributed by atoms with Gasteiger partial charge in [-0.25, -0.2) is 0 Å². The Morgan fingerprint density at radius 1 is 1.22 bits per heavy atom. The van der Waals surface area contributed by atoms with Crippen molar-refractivity contribution in [2.24, 2.45) is 0 Å². The van der Waals surface area contributed by atoms with Gasteiger partial charge in [-0.05, 0) is 18.7 Å². The van der Waals surface area contributed by atoms with Crippen molar-refractivity contribution in [1.29, 1.82) is 0 Å². The van der Waals surface area contributed by atoms with E-state index in [-0.39, 0.29) is 12.0 Å². The summed E-state index contributed by atoms with van der Waals surface area (Å²) in [6.45, 7) is 0.968. The second kappa shape index (κ2) is 6.39. The molecular formula is C12H15F3N2O. The number of rotatable bonds is 5. The van der Waals surface area contributed by atoms with Crippen LogP contribution >= 0.6 is 0 Å². The van der Waals surface area contributed by atoms with Gasteiger partial charge in [0, 0.05) is 13.1 Å². The molecule has 0 spiro atoms. The maximum absolute atomic E-state index is 12.7. The molecule has 0 fully saturated rings. The molecule has 0 heterocycles. The van der Waals surface area contributed by atoms with Crippen molar-refractivity contribution in [2.45, 2.75) is 12.6 Å². The van der Waals surface area contributed by atoms with Crippen molar-refractivity contribution in [2.75, 3.05) is 20.1 Å². The van der Waals surface area contributed by atoms with Crippen LogP contribution in [-0.4, -0.2) is 26.0 Å². The molecule has 2 N–H and O–H groups in total. The molecule has 0 aliphatic carbocycles. The molecule has 0 atom stereocenters. The van der Waals surface area contributed by atoms with Gasteiger partial charge in [-0.1, -0.05) is 18.2 Å². The molecule has 3 nitrogen and oxygen atoms in total. The standard InChI is InChI=1S/C12H15F3N2O/c1-16-6-7-17-11(18)8-9-4-2-3-5-10(9)12(13,14)15/h2-5,16H,6-8H2,1H3,(H,17,18). The molecule has 0 radical (unpaired) electrons. The molecule has 0 bridgehead atoms. The summed E-state index contributed by atoms with van der Waals surface area (Å²) < 4.78 is 38.0. The number of likely N-dealkylation sites (N-methyl/N-ethyl adjacent to an activating group) is 1. The summed E-state index contributed by atoms with van der Waals surface area (Å²) in [4.78, 5) is 11.5. The lowest BCUT2D eigenvalue weighted by Gasteiger charge is -2.12. The third-order valence-corrected chi connectivity index (χ3v) is 2.37. The number of carbonyl (C=O) groups is 1. The van der Waals surface area contributed by atoms with Crippen molar-refractivity contribution >= 4 is 5.91 Å². The molecule has 1 aromatic carbocycles. The van der Waals surface area contributed by atoms with Gasteiger partial charge in [-0.2, -0.15) is 13.2 Å². The van der Waals surface area contributed by atoms with E-state index in [9.17, 15) is 18.0 Å². The van der Waals surface area contributed by atoms with Gasteiger partial charge in [-0.15, -0.1) is 0 Å². The lowest BCUT2D eigenvalue weighted by atomic mass is 10.0. The third kappa shape index (κ3) is 4.37. The third-order valence-electron chi connectivity index (χ3n) is 2.37. The number of amides is 1. The van der Waals surface area contributed by atoms with E-state index in [2.05, 4.69) is 10.6 Å². The first kappa shape index (κ1) is 14.5. The zero-order chi connectivity index (χ0) is 13.6. The van der Waals surface area contributed by atoms with E-state index >= 15 is 0 Å². The summed E-state index contributed by atoms with van der Waals surface area (Å²) >= 11 is 0. The quantitative estimate of drug-likeness (QED) is 0.789. The number of nitrogens with one attached hydrogen (secondary N) is 2. The molecule has 0 saturated heterocycles. The largest absolute Gasteiger partial charge is 0.416 e. The highest BCUT2D eigenvalue weighted by atomic mass is 19.4. The Morgan fingerprint density at radius 2 is 1.89 bits per heavy atom. The van der Waals surface area contributed by atoms with Crippen LogP contribution in [0.3, 0.4) is 0 Å². The molecule has 1 amide bonds. The van der Waals surface area contributed by atoms with Crippen molar-refractivity contribution in [3.05, 3.63) is 35.4 Å². The summed E-state index contributed by atoms with van der Waals surface area (Å²) in [5, 5.41) is 5.37. The van der Waals surface area contributed by atoms with Crippen LogP contribution in [0.15, 0.2) is 24.3 Å². The van der Waals surface area contributed by atoms with E-state index in [1.54, 1.807) is 7.05 Å². The van der Waals surface area contributed by atoms with Crippen LogP contribution in [0.2, 0.25) is 0 Å². The molecule has 0 aliphatic rings. The average Bonchev–Trinajstić information content (AvgIpc) is 2.28. The van der Waals surface area contributed by atoms with Gasteiger partial charge in [0.1, 0.15) is 0 Å². The minimum atomic E-state index is -4.43. The average molecular weight is 260 g/mol. The van der Waals surface area contributed by atoms with Crippen molar-refractivity contribution in [3.63, 3.8) is 0 Å². The van der Waals surface area contributed by atoms with Gasteiger partial charge >= 0.3 is 6.18 Å². The number of benzene rings is 1. The van der Waals surface area contributed by atoms with E-state index in [0.717, 1.165) is 6.07 Å². The number of hydrogen-bond donors (Lipinski definition) is 2. The fraction of sp³-hybridized carbons (Fsp3) is 0.417. The SMILES string of the molecule is CNCCNC(=O)Cc1ccccc1C(F)(F)F. The molecule has 6 heteroatoms. The van der Waals surface area contributed by atoms with Crippen LogP contribution in [0, 0.1) is 0 Å². The van der Waals surface area contributed by atoms with Crippen LogP contribution in [-0.2, 0) is 17.4 Å². The van der Waals surface area contributed by atoms with E-state index in [1.165, 1.54) is 18.2 Å². The van der Waals surface area contributed by atoms with Crippen molar-refractivity contribution in [1.82, 2.24) is 10.6 Å². The van der Waals surface area contributed by atoms with Crippen LogP contribution in [0.25, 0.3) is 0 Å². The fourth-order valence-electron chi connectivity index (χ4n) is 1.51. The van der Waals surface area contributed by atoms with Gasteiger partial charge < -0.3 is 10.6 Å². The Kier molecular flexibility index (Phi) is 5.15. The zero-order valence-corrected chi connectivity index (χ0v) is 9.97. The molecule has 0 aliphatic heterocycles. The Morgan fingerprint density at radius 3 is 2.50 bits per heavy atom. The highest BCUT2D eigenvalue weighted by Gasteiger charge is 2.33. The lowest BCUT2D eigenvalue weighted by molar-refractivity contribution is -0.138. The number of alkyl halides is 3. The Labute approximate surface area is 103 Å². The Hall–Kier alpha value is -1.56. The normalized spacial score (nSPS) is 11.3. The molecule has 0 aromatic heterocycles. The van der Waals surface area contributed by atoms with Gasteiger partial charge in [0.05, 0.1) is 12.0 Å². The predicted molar refractivity (Wildman–Crippen MR) is 62.1 cm³/mol. The van der Waals surface area contributed by atoms with Gasteiger partial charge in [0.25, 0.3) is 0 Å². The number of hydrogen-bond acceptors (Lipinski definition) is 2. The smallest absolute Gasteiger partial charge is 0.355 e.